The largest absolute Gasteiger partial charge is 0.497 e. The summed E-state index contributed by atoms with van der Waals surface area (Å²) in [5, 5.41) is 2.02. The van der Waals surface area contributed by atoms with Gasteiger partial charge < -0.3 is 20.5 Å². The summed E-state index contributed by atoms with van der Waals surface area (Å²) in [5.41, 5.74) is 5.41. The normalized spacial score (nSPS) is 9.67. The van der Waals surface area contributed by atoms with Crippen LogP contribution in [0.3, 0.4) is 0 Å². The fourth-order valence-electron chi connectivity index (χ4n) is 1.23. The van der Waals surface area contributed by atoms with E-state index >= 15 is 0 Å². The summed E-state index contributed by atoms with van der Waals surface area (Å²) >= 11 is 0.737. The molecule has 0 unspecified atom stereocenters. The van der Waals surface area contributed by atoms with Crippen molar-refractivity contribution in [2.24, 2.45) is 5.73 Å². The molecule has 0 saturated heterocycles. The van der Waals surface area contributed by atoms with Crippen LogP contribution < -0.4 is 20.5 Å². The van der Waals surface area contributed by atoms with Crippen LogP contribution >= 0.6 is 11.8 Å². The smallest absolute Gasteiger partial charge is 0.276 e. The van der Waals surface area contributed by atoms with Gasteiger partial charge in [0.05, 0.1) is 25.7 Å². The maximum atomic E-state index is 11.5. The van der Waals surface area contributed by atoms with Gasteiger partial charge in [-0.2, -0.15) is 0 Å². The molecule has 0 aliphatic carbocycles. The Kier molecular flexibility index (Phi) is 5.31. The summed E-state index contributed by atoms with van der Waals surface area (Å²) in [6.45, 7) is 0. The fourth-order valence-corrected chi connectivity index (χ4v) is 1.58. The van der Waals surface area contributed by atoms with Crippen molar-refractivity contribution in [1.29, 1.82) is 0 Å². The Labute approximate surface area is 109 Å². The lowest BCUT2D eigenvalue weighted by atomic mass is 10.2. The molecule has 1 aromatic rings. The lowest BCUT2D eigenvalue weighted by Crippen LogP contribution is -2.17. The van der Waals surface area contributed by atoms with Crippen LogP contribution in [0.4, 0.5) is 10.5 Å². The lowest BCUT2D eigenvalue weighted by molar-refractivity contribution is -0.113. The molecule has 0 aromatic heterocycles. The van der Waals surface area contributed by atoms with E-state index in [1.165, 1.54) is 14.2 Å². The second-order valence-corrected chi connectivity index (χ2v) is 4.20. The first-order valence-corrected chi connectivity index (χ1v) is 5.99. The number of hydrogen-bond donors (Lipinski definition) is 2. The standard InChI is InChI=1S/C11H14N2O4S/c1-16-7-3-4-9(17-2)8(5-7)13-10(14)6-18-11(12)15/h3-5H,6H2,1-2H3,(H2,12,15)(H,13,14). The van der Waals surface area contributed by atoms with Crippen LogP contribution in [0.2, 0.25) is 0 Å². The molecule has 2 amide bonds. The molecular weight excluding hydrogens is 256 g/mol. The van der Waals surface area contributed by atoms with E-state index in [9.17, 15) is 9.59 Å². The van der Waals surface area contributed by atoms with E-state index in [2.05, 4.69) is 5.32 Å². The van der Waals surface area contributed by atoms with Crippen molar-refractivity contribution in [2.45, 2.75) is 0 Å². The predicted octanol–water partition coefficient (Wildman–Crippen LogP) is 1.45. The van der Waals surface area contributed by atoms with Gasteiger partial charge in [0.25, 0.3) is 5.24 Å². The quantitative estimate of drug-likeness (QED) is 0.845. The maximum absolute atomic E-state index is 11.5. The Morgan fingerprint density at radius 3 is 2.61 bits per heavy atom. The number of methoxy groups -OCH3 is 2. The molecule has 1 aromatic carbocycles. The first kappa shape index (κ1) is 14.2. The van der Waals surface area contributed by atoms with Gasteiger partial charge in [-0.25, -0.2) is 0 Å². The number of carbonyl (C=O) groups is 2. The molecule has 0 fully saturated rings. The Bertz CT molecular complexity index is 451. The minimum atomic E-state index is -0.595. The van der Waals surface area contributed by atoms with Crippen LogP contribution in [0.15, 0.2) is 18.2 Å². The number of nitrogens with two attached hydrogens (primary N) is 1. The first-order chi connectivity index (χ1) is 8.56. The van der Waals surface area contributed by atoms with E-state index in [-0.39, 0.29) is 11.7 Å². The number of carbonyl (C=O) groups excluding carboxylic acids is 2. The van der Waals surface area contributed by atoms with E-state index in [1.54, 1.807) is 18.2 Å². The molecule has 18 heavy (non-hydrogen) atoms. The Balaban J connectivity index is 2.75. The molecular formula is C11H14N2O4S. The third-order valence-electron chi connectivity index (χ3n) is 2.03. The molecule has 98 valence electrons. The average Bonchev–Trinajstić information content (AvgIpc) is 2.36. The summed E-state index contributed by atoms with van der Waals surface area (Å²) < 4.78 is 10.2. The zero-order valence-electron chi connectivity index (χ0n) is 10.1. The third kappa shape index (κ3) is 4.17. The number of rotatable bonds is 5. The van der Waals surface area contributed by atoms with Gasteiger partial charge in [-0.1, -0.05) is 11.8 Å². The predicted molar refractivity (Wildman–Crippen MR) is 70.2 cm³/mol. The van der Waals surface area contributed by atoms with Gasteiger partial charge in [-0.15, -0.1) is 0 Å². The van der Waals surface area contributed by atoms with Crippen molar-refractivity contribution in [3.05, 3.63) is 18.2 Å². The van der Waals surface area contributed by atoms with Crippen LogP contribution in [-0.2, 0) is 4.79 Å². The highest BCUT2D eigenvalue weighted by atomic mass is 32.2. The van der Waals surface area contributed by atoms with Crippen LogP contribution in [0, 0.1) is 0 Å². The maximum Gasteiger partial charge on any atom is 0.276 e. The van der Waals surface area contributed by atoms with Gasteiger partial charge in [-0.3, -0.25) is 9.59 Å². The van der Waals surface area contributed by atoms with Crippen molar-refractivity contribution >= 4 is 28.6 Å². The second kappa shape index (κ2) is 6.75. The second-order valence-electron chi connectivity index (χ2n) is 3.22. The molecule has 7 heteroatoms. The monoisotopic (exact) mass is 270 g/mol. The van der Waals surface area contributed by atoms with E-state index in [0.29, 0.717) is 17.2 Å². The molecule has 0 saturated carbocycles. The molecule has 0 bridgehead atoms. The van der Waals surface area contributed by atoms with Crippen molar-refractivity contribution in [3.8, 4) is 11.5 Å². The number of hydrogen-bond acceptors (Lipinski definition) is 5. The summed E-state index contributed by atoms with van der Waals surface area (Å²) in [6, 6.07) is 5.02. The van der Waals surface area contributed by atoms with Gasteiger partial charge in [0.1, 0.15) is 11.5 Å². The zero-order valence-corrected chi connectivity index (χ0v) is 10.9. The fraction of sp³-hybridized carbons (Fsp3) is 0.273. The molecule has 0 radical (unpaired) electrons. The summed E-state index contributed by atoms with van der Waals surface area (Å²) in [7, 11) is 3.02. The Morgan fingerprint density at radius 2 is 2.06 bits per heavy atom. The van der Waals surface area contributed by atoms with Crippen LogP contribution in [0.1, 0.15) is 0 Å². The molecule has 0 aliphatic heterocycles. The molecule has 1 rings (SSSR count). The lowest BCUT2D eigenvalue weighted by Gasteiger charge is -2.11. The van der Waals surface area contributed by atoms with Crippen LogP contribution in [0.25, 0.3) is 0 Å². The summed E-state index contributed by atoms with van der Waals surface area (Å²) in [4.78, 5) is 22.1. The number of anilines is 1. The van der Waals surface area contributed by atoms with Gasteiger partial charge in [0.15, 0.2) is 0 Å². The number of ether oxygens (including phenoxy) is 2. The van der Waals surface area contributed by atoms with E-state index in [1.807, 2.05) is 0 Å². The summed E-state index contributed by atoms with van der Waals surface area (Å²) in [5.74, 6) is 0.711. The van der Waals surface area contributed by atoms with Crippen molar-refractivity contribution < 1.29 is 19.1 Å². The topological polar surface area (TPSA) is 90.7 Å². The van der Waals surface area contributed by atoms with Gasteiger partial charge in [0, 0.05) is 6.07 Å². The molecule has 0 heterocycles. The zero-order chi connectivity index (χ0) is 13.5. The van der Waals surface area contributed by atoms with Crippen molar-refractivity contribution in [3.63, 3.8) is 0 Å². The number of benzene rings is 1. The number of nitrogens with one attached hydrogen (secondary N) is 1. The van der Waals surface area contributed by atoms with Gasteiger partial charge in [0.2, 0.25) is 5.91 Å². The van der Waals surface area contributed by atoms with Crippen LogP contribution in [0.5, 0.6) is 11.5 Å². The SMILES string of the molecule is COc1ccc(OC)c(NC(=O)CSC(N)=O)c1. The van der Waals surface area contributed by atoms with Gasteiger partial charge in [-0.05, 0) is 12.1 Å². The van der Waals surface area contributed by atoms with E-state index < -0.39 is 5.24 Å². The van der Waals surface area contributed by atoms with Crippen molar-refractivity contribution in [2.75, 3.05) is 25.3 Å². The highest BCUT2D eigenvalue weighted by Gasteiger charge is 2.10. The molecule has 0 spiro atoms. The van der Waals surface area contributed by atoms with E-state index in [0.717, 1.165) is 11.8 Å². The van der Waals surface area contributed by atoms with Gasteiger partial charge >= 0.3 is 0 Å². The number of thioether (sulfide) groups is 1. The number of primary amides is 1. The molecule has 6 nitrogen and oxygen atoms in total. The summed E-state index contributed by atoms with van der Waals surface area (Å²) in [6.07, 6.45) is 0. The Morgan fingerprint density at radius 1 is 1.33 bits per heavy atom. The average molecular weight is 270 g/mol. The van der Waals surface area contributed by atoms with Crippen molar-refractivity contribution in [1.82, 2.24) is 0 Å². The van der Waals surface area contributed by atoms with Crippen LogP contribution in [-0.4, -0.2) is 31.1 Å². The third-order valence-corrected chi connectivity index (χ3v) is 2.72. The minimum absolute atomic E-state index is 0.0459. The highest BCUT2D eigenvalue weighted by Crippen LogP contribution is 2.28. The minimum Gasteiger partial charge on any atom is -0.497 e. The highest BCUT2D eigenvalue weighted by molar-refractivity contribution is 8.14. The molecule has 0 atom stereocenters. The molecule has 3 N–H and O–H groups in total. The number of amides is 2. The molecule has 0 aliphatic rings. The first-order valence-electron chi connectivity index (χ1n) is 5.01. The Hall–Kier alpha value is -1.89. The van der Waals surface area contributed by atoms with E-state index in [4.69, 9.17) is 15.2 Å².